The predicted octanol–water partition coefficient (Wildman–Crippen LogP) is 1.48. The number of nitrogens with two attached hydrogens (primary N) is 1. The Balaban J connectivity index is 1.73. The van der Waals surface area contributed by atoms with Crippen molar-refractivity contribution in [3.05, 3.63) is 51.3 Å². The number of anilines is 1. The highest BCUT2D eigenvalue weighted by molar-refractivity contribution is 5.87. The minimum Gasteiger partial charge on any atom is -0.478 e. The van der Waals surface area contributed by atoms with Gasteiger partial charge in [-0.05, 0) is 30.5 Å². The smallest absolute Gasteiger partial charge is 0.335 e. The molecule has 0 radical (unpaired) electrons. The molecular weight excluding hydrogens is 284 g/mol. The van der Waals surface area contributed by atoms with E-state index in [0.29, 0.717) is 24.2 Å². The summed E-state index contributed by atoms with van der Waals surface area (Å²) in [6, 6.07) is 6.71. The summed E-state index contributed by atoms with van der Waals surface area (Å²) in [6.07, 6.45) is 3.11. The van der Waals surface area contributed by atoms with E-state index in [1.807, 2.05) is 0 Å². The van der Waals surface area contributed by atoms with Crippen molar-refractivity contribution in [1.82, 2.24) is 9.97 Å². The van der Waals surface area contributed by atoms with Crippen molar-refractivity contribution >= 4 is 24.0 Å². The summed E-state index contributed by atoms with van der Waals surface area (Å²) in [4.78, 5) is 33.4. The number of aryl methyl sites for hydroxylation is 1. The molecule has 7 heteroatoms. The van der Waals surface area contributed by atoms with Crippen molar-refractivity contribution in [3.63, 3.8) is 0 Å². The van der Waals surface area contributed by atoms with Crippen molar-refractivity contribution in [3.8, 4) is 0 Å². The van der Waals surface area contributed by atoms with Crippen LogP contribution < -0.4 is 11.3 Å². The summed E-state index contributed by atoms with van der Waals surface area (Å²) < 4.78 is 0. The lowest BCUT2D eigenvalue weighted by Crippen LogP contribution is -2.18. The van der Waals surface area contributed by atoms with Gasteiger partial charge in [0.1, 0.15) is 0 Å². The maximum absolute atomic E-state index is 12.0. The second-order valence-electron chi connectivity index (χ2n) is 5.11. The van der Waals surface area contributed by atoms with Crippen molar-refractivity contribution in [2.24, 2.45) is 4.99 Å². The molecule has 1 aromatic heterocycles. The van der Waals surface area contributed by atoms with E-state index in [-0.39, 0.29) is 23.0 Å². The number of nitrogen functional groups attached to an aromatic ring is 1. The van der Waals surface area contributed by atoms with E-state index in [9.17, 15) is 9.59 Å². The van der Waals surface area contributed by atoms with Gasteiger partial charge in [-0.15, -0.1) is 0 Å². The van der Waals surface area contributed by atoms with Crippen LogP contribution >= 0.6 is 0 Å². The Bertz CT molecular complexity index is 809. The highest BCUT2D eigenvalue weighted by Gasteiger charge is 2.24. The van der Waals surface area contributed by atoms with Gasteiger partial charge in [-0.25, -0.2) is 9.79 Å². The standard InChI is InChI=1S/C15H14N4O3/c16-15-18-12-11(13(20)19-15)10(7-17-12)6-3-8-1-4-9(5-2-8)14(21)22/h1-2,4-5,7,10H,3,6H2,(H,21,22)(H3,16,18,19,20)/t10-/m0/s1. The van der Waals surface area contributed by atoms with Gasteiger partial charge < -0.3 is 10.8 Å². The van der Waals surface area contributed by atoms with Crippen LogP contribution in [0.1, 0.15) is 33.8 Å². The molecular formula is C15H14N4O3. The molecule has 112 valence electrons. The first-order valence-corrected chi connectivity index (χ1v) is 6.80. The first kappa shape index (κ1) is 14.0. The number of aliphatic imine (C=N–C) groups is 1. The van der Waals surface area contributed by atoms with Crippen molar-refractivity contribution in [1.29, 1.82) is 0 Å². The lowest BCUT2D eigenvalue weighted by molar-refractivity contribution is 0.0697. The Kier molecular flexibility index (Phi) is 3.46. The number of rotatable bonds is 4. The molecule has 2 heterocycles. The number of aromatic amines is 1. The first-order valence-electron chi connectivity index (χ1n) is 6.80. The molecule has 3 rings (SSSR count). The number of nitrogens with one attached hydrogen (secondary N) is 1. The van der Waals surface area contributed by atoms with Crippen LogP contribution in [0.2, 0.25) is 0 Å². The number of fused-ring (bicyclic) bond motifs is 1. The largest absolute Gasteiger partial charge is 0.478 e. The Morgan fingerprint density at radius 3 is 2.73 bits per heavy atom. The molecule has 0 spiro atoms. The molecule has 1 aliphatic heterocycles. The minimum atomic E-state index is -0.946. The van der Waals surface area contributed by atoms with Gasteiger partial charge in [-0.3, -0.25) is 9.78 Å². The van der Waals surface area contributed by atoms with Crippen LogP contribution in [0, 0.1) is 0 Å². The van der Waals surface area contributed by atoms with Gasteiger partial charge in [0, 0.05) is 12.1 Å². The van der Waals surface area contributed by atoms with Gasteiger partial charge in [0.15, 0.2) is 5.82 Å². The van der Waals surface area contributed by atoms with E-state index in [1.165, 1.54) is 0 Å². The fraction of sp³-hybridized carbons (Fsp3) is 0.200. The highest BCUT2D eigenvalue weighted by atomic mass is 16.4. The summed E-state index contributed by atoms with van der Waals surface area (Å²) in [7, 11) is 0. The van der Waals surface area contributed by atoms with Crippen LogP contribution in [0.25, 0.3) is 0 Å². The van der Waals surface area contributed by atoms with E-state index in [1.54, 1.807) is 30.5 Å². The summed E-state index contributed by atoms with van der Waals surface area (Å²) >= 11 is 0. The number of nitrogens with zero attached hydrogens (tertiary/aromatic N) is 2. The molecule has 0 unspecified atom stereocenters. The molecule has 0 bridgehead atoms. The zero-order valence-electron chi connectivity index (χ0n) is 11.6. The zero-order chi connectivity index (χ0) is 15.7. The van der Waals surface area contributed by atoms with Crippen molar-refractivity contribution in [2.45, 2.75) is 18.8 Å². The average molecular weight is 298 g/mol. The van der Waals surface area contributed by atoms with Crippen LogP contribution in [0.4, 0.5) is 11.8 Å². The SMILES string of the molecule is Nc1nc2c(c(=O)[nH]1)[C@@H](CCc1ccc(C(=O)O)cc1)C=N2. The van der Waals surface area contributed by atoms with Crippen LogP contribution in [-0.2, 0) is 6.42 Å². The average Bonchev–Trinajstić information content (AvgIpc) is 2.88. The van der Waals surface area contributed by atoms with Gasteiger partial charge in [0.2, 0.25) is 5.95 Å². The number of aromatic nitrogens is 2. The monoisotopic (exact) mass is 298 g/mol. The van der Waals surface area contributed by atoms with E-state index >= 15 is 0 Å². The summed E-state index contributed by atoms with van der Waals surface area (Å²) in [5, 5.41) is 8.87. The minimum absolute atomic E-state index is 0.0609. The van der Waals surface area contributed by atoms with Crippen LogP contribution in [-0.4, -0.2) is 27.3 Å². The molecule has 0 aliphatic carbocycles. The third-order valence-corrected chi connectivity index (χ3v) is 3.65. The summed E-state index contributed by atoms with van der Waals surface area (Å²) in [5.41, 5.74) is 7.04. The molecule has 0 saturated heterocycles. The van der Waals surface area contributed by atoms with Gasteiger partial charge in [-0.1, -0.05) is 12.1 Å². The van der Waals surface area contributed by atoms with Crippen molar-refractivity contribution in [2.75, 3.05) is 5.73 Å². The molecule has 0 saturated carbocycles. The number of carbonyl (C=O) groups is 1. The highest BCUT2D eigenvalue weighted by Crippen LogP contribution is 2.30. The lowest BCUT2D eigenvalue weighted by Gasteiger charge is -2.08. The topological polar surface area (TPSA) is 121 Å². The Labute approximate surface area is 125 Å². The maximum atomic E-state index is 12.0. The Morgan fingerprint density at radius 2 is 2.05 bits per heavy atom. The molecule has 22 heavy (non-hydrogen) atoms. The molecule has 1 aromatic carbocycles. The summed E-state index contributed by atoms with van der Waals surface area (Å²) in [6.45, 7) is 0. The van der Waals surface area contributed by atoms with E-state index in [0.717, 1.165) is 5.56 Å². The van der Waals surface area contributed by atoms with Gasteiger partial charge in [-0.2, -0.15) is 4.98 Å². The van der Waals surface area contributed by atoms with Gasteiger partial charge in [0.25, 0.3) is 5.56 Å². The first-order chi connectivity index (χ1) is 10.5. The molecule has 0 amide bonds. The molecule has 0 fully saturated rings. The fourth-order valence-corrected chi connectivity index (χ4v) is 2.51. The fourth-order valence-electron chi connectivity index (χ4n) is 2.51. The second-order valence-corrected chi connectivity index (χ2v) is 5.11. The van der Waals surface area contributed by atoms with Crippen molar-refractivity contribution < 1.29 is 9.90 Å². The van der Waals surface area contributed by atoms with Crippen LogP contribution in [0.15, 0.2) is 34.1 Å². The normalized spacial score (nSPS) is 15.7. The van der Waals surface area contributed by atoms with Crippen LogP contribution in [0.5, 0.6) is 0 Å². The van der Waals surface area contributed by atoms with Gasteiger partial charge >= 0.3 is 5.97 Å². The van der Waals surface area contributed by atoms with Gasteiger partial charge in [0.05, 0.1) is 11.1 Å². The van der Waals surface area contributed by atoms with E-state index in [4.69, 9.17) is 10.8 Å². The molecule has 4 N–H and O–H groups in total. The third kappa shape index (κ3) is 2.60. The van der Waals surface area contributed by atoms with E-state index < -0.39 is 5.97 Å². The number of hydrogen-bond donors (Lipinski definition) is 3. The molecule has 2 aromatic rings. The number of aromatic carboxylic acids is 1. The number of carboxylic acid groups (broad SMARTS) is 1. The van der Waals surface area contributed by atoms with E-state index in [2.05, 4.69) is 15.0 Å². The second kappa shape index (κ2) is 5.44. The number of carboxylic acids is 1. The molecule has 1 aliphatic rings. The van der Waals surface area contributed by atoms with Crippen LogP contribution in [0.3, 0.4) is 0 Å². The number of benzene rings is 1. The quantitative estimate of drug-likeness (QED) is 0.789. The third-order valence-electron chi connectivity index (χ3n) is 3.65. The Morgan fingerprint density at radius 1 is 1.32 bits per heavy atom. The zero-order valence-corrected chi connectivity index (χ0v) is 11.6. The predicted molar refractivity (Wildman–Crippen MR) is 81.9 cm³/mol. The lowest BCUT2D eigenvalue weighted by atomic mass is 9.95. The molecule has 7 nitrogen and oxygen atoms in total. The maximum Gasteiger partial charge on any atom is 0.335 e. The Hall–Kier alpha value is -2.96. The summed E-state index contributed by atoms with van der Waals surface area (Å²) in [5.74, 6) is -0.608. The number of hydrogen-bond acceptors (Lipinski definition) is 5. The number of H-pyrrole nitrogens is 1. The molecule has 1 atom stereocenters.